The highest BCUT2D eigenvalue weighted by molar-refractivity contribution is 8.18. The molecule has 4 rings (SSSR count). The van der Waals surface area contributed by atoms with Crippen molar-refractivity contribution in [3.05, 3.63) is 77.2 Å². The van der Waals surface area contributed by atoms with E-state index in [1.165, 1.54) is 4.90 Å². The van der Waals surface area contributed by atoms with Crippen LogP contribution in [0.1, 0.15) is 18.9 Å². The second-order valence-electron chi connectivity index (χ2n) is 7.04. The highest BCUT2D eigenvalue weighted by Crippen LogP contribution is 2.36. The second kappa shape index (κ2) is 9.71. The fourth-order valence-corrected chi connectivity index (χ4v) is 4.20. The Morgan fingerprint density at radius 1 is 0.903 bits per heavy atom. The number of hydrogen-bond acceptors (Lipinski definition) is 5. The number of nitrogens with zero attached hydrogens (tertiary/aromatic N) is 1. The summed E-state index contributed by atoms with van der Waals surface area (Å²) in [6.45, 7) is 3.07. The molecule has 1 aliphatic heterocycles. The summed E-state index contributed by atoms with van der Waals surface area (Å²) in [5, 5.41) is 1.74. The Hall–Kier alpha value is -3.25. The third-order valence-electron chi connectivity index (χ3n) is 4.87. The minimum absolute atomic E-state index is 0.200. The first-order valence-corrected chi connectivity index (χ1v) is 11.1. The molecule has 1 fully saturated rings. The zero-order valence-corrected chi connectivity index (χ0v) is 18.1. The molecule has 0 bridgehead atoms. The molecule has 0 spiro atoms. The van der Waals surface area contributed by atoms with Crippen LogP contribution in [0.5, 0.6) is 11.5 Å². The van der Waals surface area contributed by atoms with Crippen molar-refractivity contribution in [2.24, 2.45) is 0 Å². The van der Waals surface area contributed by atoms with E-state index in [4.69, 9.17) is 9.47 Å². The number of carbonyl (C=O) groups is 2. The van der Waals surface area contributed by atoms with Gasteiger partial charge in [0.15, 0.2) is 0 Å². The Labute approximate surface area is 185 Å². The van der Waals surface area contributed by atoms with E-state index < -0.39 is 0 Å². The first-order chi connectivity index (χ1) is 15.2. The molecule has 2 amide bonds. The molecular weight excluding hydrogens is 410 g/mol. The fourth-order valence-electron chi connectivity index (χ4n) is 3.36. The van der Waals surface area contributed by atoms with Crippen LogP contribution in [0.15, 0.2) is 71.6 Å². The van der Waals surface area contributed by atoms with E-state index in [-0.39, 0.29) is 24.3 Å². The molecule has 0 aliphatic carbocycles. The molecule has 3 aromatic rings. The quantitative estimate of drug-likeness (QED) is 0.424. The van der Waals surface area contributed by atoms with E-state index in [0.29, 0.717) is 23.0 Å². The van der Waals surface area contributed by atoms with Crippen molar-refractivity contribution in [1.82, 2.24) is 4.90 Å². The van der Waals surface area contributed by atoms with Gasteiger partial charge in [-0.1, -0.05) is 55.5 Å². The van der Waals surface area contributed by atoms with Gasteiger partial charge in [0.1, 0.15) is 18.1 Å². The van der Waals surface area contributed by atoms with Gasteiger partial charge in [-0.2, -0.15) is 0 Å². The largest absolute Gasteiger partial charge is 0.493 e. The molecule has 0 N–H and O–H groups in total. The summed E-state index contributed by atoms with van der Waals surface area (Å²) in [6, 6.07) is 21.2. The van der Waals surface area contributed by atoms with Crippen molar-refractivity contribution in [3.8, 4) is 11.5 Å². The molecule has 6 heteroatoms. The third-order valence-corrected chi connectivity index (χ3v) is 5.78. The average Bonchev–Trinajstić information content (AvgIpc) is 3.06. The minimum atomic E-state index is -0.305. The van der Waals surface area contributed by atoms with Crippen LogP contribution in [-0.4, -0.2) is 35.8 Å². The summed E-state index contributed by atoms with van der Waals surface area (Å²) >= 11 is 0.951. The van der Waals surface area contributed by atoms with E-state index in [1.807, 2.05) is 73.7 Å². The maximum atomic E-state index is 12.9. The average molecular weight is 434 g/mol. The van der Waals surface area contributed by atoms with Gasteiger partial charge in [-0.3, -0.25) is 14.5 Å². The van der Waals surface area contributed by atoms with Crippen molar-refractivity contribution >= 4 is 39.8 Å². The van der Waals surface area contributed by atoms with Crippen LogP contribution < -0.4 is 9.47 Å². The summed E-state index contributed by atoms with van der Waals surface area (Å²) in [6.07, 6.45) is 2.65. The van der Waals surface area contributed by atoms with E-state index in [9.17, 15) is 9.59 Å². The summed E-state index contributed by atoms with van der Waals surface area (Å²) < 4.78 is 11.6. The maximum absolute atomic E-state index is 12.9. The van der Waals surface area contributed by atoms with Crippen molar-refractivity contribution in [2.75, 3.05) is 19.8 Å². The van der Waals surface area contributed by atoms with Crippen molar-refractivity contribution in [1.29, 1.82) is 0 Å². The molecule has 0 atom stereocenters. The number of para-hydroxylation sites is 1. The number of thioether (sulfide) groups is 1. The van der Waals surface area contributed by atoms with E-state index in [1.54, 1.807) is 6.08 Å². The fraction of sp³-hybridized carbons (Fsp3) is 0.200. The van der Waals surface area contributed by atoms with Crippen molar-refractivity contribution < 1.29 is 19.1 Å². The predicted molar refractivity (Wildman–Crippen MR) is 124 cm³/mol. The number of hydrogen-bond donors (Lipinski definition) is 0. The van der Waals surface area contributed by atoms with Crippen molar-refractivity contribution in [3.63, 3.8) is 0 Å². The summed E-state index contributed by atoms with van der Waals surface area (Å²) in [5.74, 6) is 1.11. The van der Waals surface area contributed by atoms with Gasteiger partial charge in [-0.15, -0.1) is 0 Å². The molecule has 0 radical (unpaired) electrons. The number of ether oxygens (including phenoxy) is 2. The molecule has 1 saturated heterocycles. The molecule has 158 valence electrons. The highest BCUT2D eigenvalue weighted by Gasteiger charge is 2.35. The molecule has 0 saturated carbocycles. The van der Waals surface area contributed by atoms with Gasteiger partial charge in [0.25, 0.3) is 11.1 Å². The summed E-state index contributed by atoms with van der Waals surface area (Å²) in [5.41, 5.74) is 0.817. The Balaban J connectivity index is 1.56. The van der Waals surface area contributed by atoms with Gasteiger partial charge in [-0.05, 0) is 53.2 Å². The Morgan fingerprint density at radius 3 is 2.48 bits per heavy atom. The topological polar surface area (TPSA) is 55.8 Å². The zero-order chi connectivity index (χ0) is 21.6. The lowest BCUT2D eigenvalue weighted by molar-refractivity contribution is -0.123. The summed E-state index contributed by atoms with van der Waals surface area (Å²) in [4.78, 5) is 27.1. The van der Waals surface area contributed by atoms with Gasteiger partial charge in [0, 0.05) is 5.56 Å². The number of fused-ring (bicyclic) bond motifs is 1. The molecule has 0 aromatic heterocycles. The monoisotopic (exact) mass is 433 g/mol. The first kappa shape index (κ1) is 21.0. The smallest absolute Gasteiger partial charge is 0.293 e. The molecular formula is C25H23NO4S. The van der Waals surface area contributed by atoms with Gasteiger partial charge in [0.05, 0.1) is 18.1 Å². The highest BCUT2D eigenvalue weighted by atomic mass is 32.2. The Bertz CT molecular complexity index is 1130. The Kier molecular flexibility index (Phi) is 6.57. The lowest BCUT2D eigenvalue weighted by atomic mass is 10.0. The molecule has 1 heterocycles. The van der Waals surface area contributed by atoms with Crippen LogP contribution >= 0.6 is 11.8 Å². The first-order valence-electron chi connectivity index (χ1n) is 10.2. The Morgan fingerprint density at radius 2 is 1.68 bits per heavy atom. The maximum Gasteiger partial charge on any atom is 0.293 e. The zero-order valence-electron chi connectivity index (χ0n) is 17.2. The lowest BCUT2D eigenvalue weighted by Crippen LogP contribution is -2.32. The van der Waals surface area contributed by atoms with Crippen molar-refractivity contribution in [2.45, 2.75) is 13.3 Å². The molecule has 5 nitrogen and oxygen atoms in total. The number of amides is 2. The van der Waals surface area contributed by atoms with Gasteiger partial charge >= 0.3 is 0 Å². The minimum Gasteiger partial charge on any atom is -0.493 e. The number of benzene rings is 3. The van der Waals surface area contributed by atoms with E-state index in [0.717, 1.165) is 34.5 Å². The van der Waals surface area contributed by atoms with Crippen LogP contribution in [0.25, 0.3) is 16.8 Å². The molecule has 31 heavy (non-hydrogen) atoms. The van der Waals surface area contributed by atoms with Crippen LogP contribution in [-0.2, 0) is 4.79 Å². The molecule has 1 aliphatic rings. The predicted octanol–water partition coefficient (Wildman–Crippen LogP) is 5.74. The molecule has 3 aromatic carbocycles. The molecule has 0 unspecified atom stereocenters. The lowest BCUT2D eigenvalue weighted by Gasteiger charge is -2.13. The van der Waals surface area contributed by atoms with Gasteiger partial charge < -0.3 is 9.47 Å². The summed E-state index contributed by atoms with van der Waals surface area (Å²) in [7, 11) is 0. The SMILES string of the molecule is CCCOc1ccc2ccccc2c1/C=C1\SC(=O)N(CCOc2ccccc2)C1=O. The normalized spacial score (nSPS) is 15.1. The third kappa shape index (κ3) is 4.75. The van der Waals surface area contributed by atoms with Crippen LogP contribution in [0.2, 0.25) is 0 Å². The number of rotatable bonds is 8. The van der Waals surface area contributed by atoms with Gasteiger partial charge in [-0.25, -0.2) is 0 Å². The van der Waals surface area contributed by atoms with Crippen LogP contribution in [0.3, 0.4) is 0 Å². The van der Waals surface area contributed by atoms with E-state index >= 15 is 0 Å². The van der Waals surface area contributed by atoms with Crippen LogP contribution in [0, 0.1) is 0 Å². The second-order valence-corrected chi connectivity index (χ2v) is 8.04. The van der Waals surface area contributed by atoms with E-state index in [2.05, 4.69) is 0 Å². The van der Waals surface area contributed by atoms with Crippen LogP contribution in [0.4, 0.5) is 4.79 Å². The number of imide groups is 1. The van der Waals surface area contributed by atoms with Gasteiger partial charge in [0.2, 0.25) is 0 Å². The standard InChI is InChI=1S/C25H23NO4S/c1-2-15-30-22-13-12-18-8-6-7-11-20(18)21(22)17-23-24(27)26(25(28)31-23)14-16-29-19-9-4-3-5-10-19/h3-13,17H,2,14-16H2,1H3/b23-17-. The number of carbonyl (C=O) groups excluding carboxylic acids is 2.